The van der Waals surface area contributed by atoms with Crippen molar-refractivity contribution in [1.82, 2.24) is 4.90 Å². The van der Waals surface area contributed by atoms with Gasteiger partial charge in [-0.1, -0.05) is 42.5 Å². The summed E-state index contributed by atoms with van der Waals surface area (Å²) in [5.74, 6) is -0.626. The fourth-order valence-corrected chi connectivity index (χ4v) is 2.44. The molecule has 2 aromatic rings. The van der Waals surface area contributed by atoms with Crippen molar-refractivity contribution in [3.05, 3.63) is 71.3 Å². The number of carbonyl (C=O) groups is 1. The van der Waals surface area contributed by atoms with Gasteiger partial charge in [-0.25, -0.2) is 0 Å². The molecule has 0 heterocycles. The monoisotopic (exact) mass is 335 g/mol. The van der Waals surface area contributed by atoms with Crippen LogP contribution in [0.3, 0.4) is 0 Å². The van der Waals surface area contributed by atoms with E-state index in [1.54, 1.807) is 0 Å². The first kappa shape index (κ1) is 18.0. The zero-order valence-electron chi connectivity index (χ0n) is 13.9. The molecule has 2 aromatic carbocycles. The summed E-state index contributed by atoms with van der Waals surface area (Å²) in [6.07, 6.45) is -4.57. The minimum Gasteiger partial charge on any atom is -0.329 e. The third kappa shape index (κ3) is 4.16. The summed E-state index contributed by atoms with van der Waals surface area (Å²) in [5, 5.41) is 0. The predicted octanol–water partition coefficient (Wildman–Crippen LogP) is 5.15. The third-order valence-corrected chi connectivity index (χ3v) is 3.70. The van der Waals surface area contributed by atoms with E-state index in [-0.39, 0.29) is 12.1 Å². The highest BCUT2D eigenvalue weighted by Crippen LogP contribution is 2.33. The van der Waals surface area contributed by atoms with E-state index in [9.17, 15) is 18.0 Å². The molecule has 0 radical (unpaired) electrons. The molecule has 0 aromatic heterocycles. The van der Waals surface area contributed by atoms with Crippen LogP contribution in [0.2, 0.25) is 0 Å². The standard InChI is InChI=1S/C19H20F3NO/c1-18(2,3)23(13-14-9-5-4-6-10-14)17(24)15-11-7-8-12-16(15)19(20,21)22/h4-12H,13H2,1-3H3. The normalized spacial score (nSPS) is 12.1. The molecule has 0 bridgehead atoms. The number of halogens is 3. The van der Waals surface area contributed by atoms with Gasteiger partial charge in [-0.2, -0.15) is 13.2 Å². The highest BCUT2D eigenvalue weighted by Gasteiger charge is 2.37. The van der Waals surface area contributed by atoms with Crippen LogP contribution in [-0.2, 0) is 12.7 Å². The topological polar surface area (TPSA) is 20.3 Å². The van der Waals surface area contributed by atoms with Crippen LogP contribution in [0.5, 0.6) is 0 Å². The van der Waals surface area contributed by atoms with Crippen LogP contribution in [0.15, 0.2) is 54.6 Å². The second-order valence-electron chi connectivity index (χ2n) is 6.59. The van der Waals surface area contributed by atoms with Crippen molar-refractivity contribution in [3.8, 4) is 0 Å². The highest BCUT2D eigenvalue weighted by molar-refractivity contribution is 5.96. The molecule has 0 aliphatic rings. The van der Waals surface area contributed by atoms with Crippen LogP contribution in [0, 0.1) is 0 Å². The van der Waals surface area contributed by atoms with Crippen molar-refractivity contribution < 1.29 is 18.0 Å². The Labute approximate surface area is 139 Å². The van der Waals surface area contributed by atoms with Gasteiger partial charge >= 0.3 is 6.18 Å². The second kappa shape index (κ2) is 6.67. The van der Waals surface area contributed by atoms with Gasteiger partial charge in [-0.15, -0.1) is 0 Å². The SMILES string of the molecule is CC(C)(C)N(Cc1ccccc1)C(=O)c1ccccc1C(F)(F)F. The maximum absolute atomic E-state index is 13.2. The summed E-state index contributed by atoms with van der Waals surface area (Å²) in [5.41, 5.74) is -0.982. The lowest BCUT2D eigenvalue weighted by Crippen LogP contribution is -2.45. The number of nitrogens with zero attached hydrogens (tertiary/aromatic N) is 1. The van der Waals surface area contributed by atoms with E-state index in [0.29, 0.717) is 0 Å². The Morgan fingerprint density at radius 1 is 0.917 bits per heavy atom. The Balaban J connectivity index is 2.43. The van der Waals surface area contributed by atoms with Crippen molar-refractivity contribution in [2.24, 2.45) is 0 Å². The average Bonchev–Trinajstić information content (AvgIpc) is 2.51. The third-order valence-electron chi connectivity index (χ3n) is 3.70. The van der Waals surface area contributed by atoms with Crippen LogP contribution in [0.4, 0.5) is 13.2 Å². The van der Waals surface area contributed by atoms with Crippen molar-refractivity contribution in [3.63, 3.8) is 0 Å². The summed E-state index contributed by atoms with van der Waals surface area (Å²) in [6, 6.07) is 14.1. The Hall–Kier alpha value is -2.30. The molecular weight excluding hydrogens is 315 g/mol. The minimum atomic E-state index is -4.57. The molecule has 2 nitrogen and oxygen atoms in total. The second-order valence-corrected chi connectivity index (χ2v) is 6.59. The molecule has 0 aliphatic carbocycles. The smallest absolute Gasteiger partial charge is 0.329 e. The number of carbonyl (C=O) groups excluding carboxylic acids is 1. The molecule has 0 fully saturated rings. The van der Waals surface area contributed by atoms with E-state index in [1.165, 1.54) is 23.1 Å². The van der Waals surface area contributed by atoms with Crippen molar-refractivity contribution in [2.75, 3.05) is 0 Å². The molecule has 2 rings (SSSR count). The summed E-state index contributed by atoms with van der Waals surface area (Å²) >= 11 is 0. The van der Waals surface area contributed by atoms with E-state index >= 15 is 0 Å². The highest BCUT2D eigenvalue weighted by atomic mass is 19.4. The largest absolute Gasteiger partial charge is 0.417 e. The molecule has 128 valence electrons. The predicted molar refractivity (Wildman–Crippen MR) is 87.5 cm³/mol. The molecule has 0 spiro atoms. The van der Waals surface area contributed by atoms with Crippen molar-refractivity contribution >= 4 is 5.91 Å². The summed E-state index contributed by atoms with van der Waals surface area (Å²) in [7, 11) is 0. The Morgan fingerprint density at radius 3 is 2.00 bits per heavy atom. The fraction of sp³-hybridized carbons (Fsp3) is 0.316. The van der Waals surface area contributed by atoms with Gasteiger partial charge in [0.2, 0.25) is 0 Å². The van der Waals surface area contributed by atoms with Gasteiger partial charge < -0.3 is 4.90 Å². The maximum Gasteiger partial charge on any atom is 0.417 e. The molecule has 0 atom stereocenters. The van der Waals surface area contributed by atoms with Crippen LogP contribution < -0.4 is 0 Å². The molecule has 24 heavy (non-hydrogen) atoms. The Morgan fingerprint density at radius 2 is 1.46 bits per heavy atom. The van der Waals surface area contributed by atoms with E-state index < -0.39 is 23.2 Å². The Kier molecular flexibility index (Phi) is 5.02. The summed E-state index contributed by atoms with van der Waals surface area (Å²) < 4.78 is 39.7. The number of hydrogen-bond acceptors (Lipinski definition) is 1. The van der Waals surface area contributed by atoms with Gasteiger partial charge in [-0.3, -0.25) is 4.79 Å². The zero-order valence-corrected chi connectivity index (χ0v) is 13.9. The number of hydrogen-bond donors (Lipinski definition) is 0. The maximum atomic E-state index is 13.2. The van der Waals surface area contributed by atoms with Crippen molar-refractivity contribution in [1.29, 1.82) is 0 Å². The first-order chi connectivity index (χ1) is 11.1. The van der Waals surface area contributed by atoms with E-state index in [0.717, 1.165) is 11.6 Å². The van der Waals surface area contributed by atoms with Crippen LogP contribution >= 0.6 is 0 Å². The lowest BCUT2D eigenvalue weighted by atomic mass is 9.99. The average molecular weight is 335 g/mol. The molecule has 0 unspecified atom stereocenters. The summed E-state index contributed by atoms with van der Waals surface area (Å²) in [4.78, 5) is 14.4. The quantitative estimate of drug-likeness (QED) is 0.760. The summed E-state index contributed by atoms with van der Waals surface area (Å²) in [6.45, 7) is 5.67. The van der Waals surface area contributed by atoms with Gasteiger partial charge in [0.1, 0.15) is 0 Å². The van der Waals surface area contributed by atoms with E-state index in [1.807, 2.05) is 51.1 Å². The molecule has 5 heteroatoms. The first-order valence-electron chi connectivity index (χ1n) is 7.63. The zero-order chi connectivity index (χ0) is 18.0. The van der Waals surface area contributed by atoms with Gasteiger partial charge in [0.25, 0.3) is 5.91 Å². The van der Waals surface area contributed by atoms with Gasteiger partial charge in [0, 0.05) is 12.1 Å². The number of alkyl halides is 3. The minimum absolute atomic E-state index is 0.245. The number of rotatable bonds is 3. The molecule has 0 saturated carbocycles. The van der Waals surface area contributed by atoms with Crippen LogP contribution in [-0.4, -0.2) is 16.3 Å². The lowest BCUT2D eigenvalue weighted by Gasteiger charge is -2.36. The molecular formula is C19H20F3NO. The number of benzene rings is 2. The lowest BCUT2D eigenvalue weighted by molar-refractivity contribution is -0.138. The van der Waals surface area contributed by atoms with Crippen molar-refractivity contribution in [2.45, 2.75) is 39.0 Å². The first-order valence-corrected chi connectivity index (χ1v) is 7.63. The van der Waals surface area contributed by atoms with Crippen LogP contribution in [0.25, 0.3) is 0 Å². The van der Waals surface area contributed by atoms with Crippen LogP contribution in [0.1, 0.15) is 42.3 Å². The molecule has 0 N–H and O–H groups in total. The van der Waals surface area contributed by atoms with Gasteiger partial charge in [0.15, 0.2) is 0 Å². The Bertz CT molecular complexity index is 703. The molecule has 1 amide bonds. The fourth-order valence-electron chi connectivity index (χ4n) is 2.44. The molecule has 0 saturated heterocycles. The van der Waals surface area contributed by atoms with E-state index in [4.69, 9.17) is 0 Å². The van der Waals surface area contributed by atoms with Gasteiger partial charge in [-0.05, 0) is 38.5 Å². The van der Waals surface area contributed by atoms with E-state index in [2.05, 4.69) is 0 Å². The molecule has 0 aliphatic heterocycles. The number of amides is 1. The van der Waals surface area contributed by atoms with Gasteiger partial charge in [0.05, 0.1) is 11.1 Å².